The predicted octanol–water partition coefficient (Wildman–Crippen LogP) is 4.96. The molecule has 88 valence electrons. The van der Waals surface area contributed by atoms with E-state index in [9.17, 15) is 4.39 Å². The van der Waals surface area contributed by atoms with Crippen molar-refractivity contribution in [2.45, 2.75) is 6.54 Å². The molecule has 2 rings (SSSR count). The summed E-state index contributed by atoms with van der Waals surface area (Å²) in [5.74, 6) is -0.233. The van der Waals surface area contributed by atoms with E-state index in [0.29, 0.717) is 12.2 Å². The van der Waals surface area contributed by atoms with E-state index in [4.69, 9.17) is 0 Å². The van der Waals surface area contributed by atoms with Crippen molar-refractivity contribution in [1.29, 1.82) is 0 Å². The molecule has 17 heavy (non-hydrogen) atoms. The van der Waals surface area contributed by atoms with Gasteiger partial charge in [-0.15, -0.1) is 0 Å². The summed E-state index contributed by atoms with van der Waals surface area (Å²) >= 11 is 6.85. The Balaban J connectivity index is 2.08. The van der Waals surface area contributed by atoms with Crippen molar-refractivity contribution in [2.75, 3.05) is 5.32 Å². The number of benzene rings is 2. The predicted molar refractivity (Wildman–Crippen MR) is 75.6 cm³/mol. The van der Waals surface area contributed by atoms with Gasteiger partial charge in [0.2, 0.25) is 0 Å². The van der Waals surface area contributed by atoms with Gasteiger partial charge in [0, 0.05) is 15.5 Å². The summed E-state index contributed by atoms with van der Waals surface area (Å²) in [6.45, 7) is 0.590. The zero-order chi connectivity index (χ0) is 12.3. The number of nitrogens with one attached hydrogen (secondary N) is 1. The second-order valence-electron chi connectivity index (χ2n) is 3.58. The molecule has 2 aromatic carbocycles. The molecule has 0 saturated carbocycles. The molecular weight excluding hydrogens is 349 g/mol. The molecule has 0 heterocycles. The molecule has 0 aromatic heterocycles. The lowest BCUT2D eigenvalue weighted by molar-refractivity contribution is 0.630. The van der Waals surface area contributed by atoms with Crippen molar-refractivity contribution in [2.24, 2.45) is 0 Å². The number of para-hydroxylation sites is 1. The molecule has 0 unspecified atom stereocenters. The quantitative estimate of drug-likeness (QED) is 0.817. The van der Waals surface area contributed by atoms with Gasteiger partial charge >= 0.3 is 0 Å². The summed E-state index contributed by atoms with van der Waals surface area (Å²) in [5, 5.41) is 3.06. The molecule has 2 aromatic rings. The van der Waals surface area contributed by atoms with Crippen LogP contribution in [0.15, 0.2) is 51.4 Å². The zero-order valence-electron chi connectivity index (χ0n) is 8.88. The van der Waals surface area contributed by atoms with Crippen molar-refractivity contribution < 1.29 is 4.39 Å². The lowest BCUT2D eigenvalue weighted by Crippen LogP contribution is -2.01. The third kappa shape index (κ3) is 3.30. The third-order valence-electron chi connectivity index (χ3n) is 2.34. The molecule has 0 fully saturated rings. The molecule has 1 N–H and O–H groups in total. The minimum Gasteiger partial charge on any atom is -0.379 e. The lowest BCUT2D eigenvalue weighted by atomic mass is 10.2. The maximum Gasteiger partial charge on any atom is 0.146 e. The van der Waals surface area contributed by atoms with Crippen LogP contribution in [0, 0.1) is 5.82 Å². The fourth-order valence-electron chi connectivity index (χ4n) is 1.45. The van der Waals surface area contributed by atoms with Gasteiger partial charge in [0.05, 0.1) is 5.69 Å². The monoisotopic (exact) mass is 357 g/mol. The van der Waals surface area contributed by atoms with E-state index in [-0.39, 0.29) is 5.82 Å². The van der Waals surface area contributed by atoms with E-state index >= 15 is 0 Å². The second-order valence-corrected chi connectivity index (χ2v) is 5.29. The third-order valence-corrected chi connectivity index (χ3v) is 4.22. The fraction of sp³-hybridized carbons (Fsp3) is 0.0769. The van der Waals surface area contributed by atoms with E-state index in [2.05, 4.69) is 37.2 Å². The van der Waals surface area contributed by atoms with Gasteiger partial charge in [-0.2, -0.15) is 0 Å². The summed E-state index contributed by atoms with van der Waals surface area (Å²) in [4.78, 5) is 0. The van der Waals surface area contributed by atoms with Gasteiger partial charge in [-0.1, -0.05) is 18.2 Å². The molecule has 0 aliphatic heterocycles. The van der Waals surface area contributed by atoms with Crippen LogP contribution < -0.4 is 5.32 Å². The molecular formula is C13H10Br2FN. The lowest BCUT2D eigenvalue weighted by Gasteiger charge is -2.08. The Labute approximate surface area is 116 Å². The highest BCUT2D eigenvalue weighted by molar-refractivity contribution is 9.13. The number of anilines is 1. The molecule has 0 atom stereocenters. The highest BCUT2D eigenvalue weighted by Crippen LogP contribution is 2.24. The van der Waals surface area contributed by atoms with Gasteiger partial charge < -0.3 is 5.32 Å². The Morgan fingerprint density at radius 2 is 1.76 bits per heavy atom. The van der Waals surface area contributed by atoms with E-state index in [1.54, 1.807) is 12.1 Å². The molecule has 0 radical (unpaired) electrons. The Morgan fingerprint density at radius 3 is 2.47 bits per heavy atom. The van der Waals surface area contributed by atoms with Gasteiger partial charge in [0.15, 0.2) is 0 Å². The molecule has 0 amide bonds. The van der Waals surface area contributed by atoms with Crippen molar-refractivity contribution in [3.8, 4) is 0 Å². The zero-order valence-corrected chi connectivity index (χ0v) is 12.1. The van der Waals surface area contributed by atoms with Crippen molar-refractivity contribution in [3.63, 3.8) is 0 Å². The topological polar surface area (TPSA) is 12.0 Å². The van der Waals surface area contributed by atoms with Gasteiger partial charge in [-0.3, -0.25) is 0 Å². The van der Waals surface area contributed by atoms with Crippen LogP contribution in [0.4, 0.5) is 10.1 Å². The van der Waals surface area contributed by atoms with Crippen LogP contribution in [-0.2, 0) is 6.54 Å². The maximum absolute atomic E-state index is 13.4. The van der Waals surface area contributed by atoms with Crippen LogP contribution in [0.5, 0.6) is 0 Å². The van der Waals surface area contributed by atoms with Crippen LogP contribution >= 0.6 is 31.9 Å². The normalized spacial score (nSPS) is 10.3. The minimum atomic E-state index is -0.233. The summed E-state index contributed by atoms with van der Waals surface area (Å²) in [7, 11) is 0. The Bertz CT molecular complexity index is 529. The van der Waals surface area contributed by atoms with Gasteiger partial charge in [0.25, 0.3) is 0 Å². The molecule has 0 aliphatic carbocycles. The first-order valence-electron chi connectivity index (χ1n) is 5.09. The summed E-state index contributed by atoms with van der Waals surface area (Å²) < 4.78 is 15.4. The van der Waals surface area contributed by atoms with E-state index < -0.39 is 0 Å². The fourth-order valence-corrected chi connectivity index (χ4v) is 2.12. The molecule has 0 bridgehead atoms. The Kier molecular flexibility index (Phi) is 4.18. The molecule has 4 heteroatoms. The van der Waals surface area contributed by atoms with Gasteiger partial charge in [0.1, 0.15) is 5.82 Å². The van der Waals surface area contributed by atoms with Crippen molar-refractivity contribution in [3.05, 3.63) is 62.8 Å². The first-order valence-corrected chi connectivity index (χ1v) is 6.68. The highest BCUT2D eigenvalue weighted by atomic mass is 79.9. The van der Waals surface area contributed by atoms with E-state index in [1.807, 2.05) is 24.3 Å². The number of rotatable bonds is 3. The first-order chi connectivity index (χ1) is 8.16. The van der Waals surface area contributed by atoms with Crippen LogP contribution in [0.3, 0.4) is 0 Å². The molecule has 0 spiro atoms. The van der Waals surface area contributed by atoms with E-state index in [1.165, 1.54) is 6.07 Å². The smallest absolute Gasteiger partial charge is 0.146 e. The largest absolute Gasteiger partial charge is 0.379 e. The average molecular weight is 359 g/mol. The standard InChI is InChI=1S/C13H10Br2FN/c14-10-6-5-9(7-11(10)15)8-17-13-4-2-1-3-12(13)16/h1-7,17H,8H2. The van der Waals surface area contributed by atoms with E-state index in [0.717, 1.165) is 14.5 Å². The molecule has 0 aliphatic rings. The summed E-state index contributed by atoms with van der Waals surface area (Å²) in [6.07, 6.45) is 0. The minimum absolute atomic E-state index is 0.233. The van der Waals surface area contributed by atoms with Crippen LogP contribution in [0.2, 0.25) is 0 Å². The number of hydrogen-bond acceptors (Lipinski definition) is 1. The summed E-state index contributed by atoms with van der Waals surface area (Å²) in [5.41, 5.74) is 1.61. The SMILES string of the molecule is Fc1ccccc1NCc1ccc(Br)c(Br)c1. The Hall–Kier alpha value is -0.870. The van der Waals surface area contributed by atoms with Gasteiger partial charge in [-0.25, -0.2) is 4.39 Å². The maximum atomic E-state index is 13.4. The van der Waals surface area contributed by atoms with Crippen LogP contribution in [0.1, 0.15) is 5.56 Å². The van der Waals surface area contributed by atoms with Crippen LogP contribution in [0.25, 0.3) is 0 Å². The highest BCUT2D eigenvalue weighted by Gasteiger charge is 2.01. The number of hydrogen-bond donors (Lipinski definition) is 1. The average Bonchev–Trinajstić information content (AvgIpc) is 2.32. The van der Waals surface area contributed by atoms with Crippen molar-refractivity contribution >= 4 is 37.5 Å². The summed E-state index contributed by atoms with van der Waals surface area (Å²) in [6, 6.07) is 12.6. The van der Waals surface area contributed by atoms with Crippen molar-refractivity contribution in [1.82, 2.24) is 0 Å². The number of halogens is 3. The second kappa shape index (κ2) is 5.65. The van der Waals surface area contributed by atoms with Crippen LogP contribution in [-0.4, -0.2) is 0 Å². The molecule has 1 nitrogen and oxygen atoms in total. The first kappa shape index (κ1) is 12.6. The Morgan fingerprint density at radius 1 is 1.00 bits per heavy atom. The van der Waals surface area contributed by atoms with Gasteiger partial charge in [-0.05, 0) is 61.7 Å². The molecule has 0 saturated heterocycles.